The molecular formula is C24H25NO5. The predicted octanol–water partition coefficient (Wildman–Crippen LogP) is 4.23. The Morgan fingerprint density at radius 1 is 1.07 bits per heavy atom. The maximum atomic E-state index is 12.1. The summed E-state index contributed by atoms with van der Waals surface area (Å²) in [5, 5.41) is 0. The van der Waals surface area contributed by atoms with Crippen LogP contribution in [0.3, 0.4) is 0 Å². The molecule has 0 aliphatic carbocycles. The van der Waals surface area contributed by atoms with E-state index in [9.17, 15) is 4.79 Å². The molecule has 156 valence electrons. The molecule has 0 spiro atoms. The van der Waals surface area contributed by atoms with Gasteiger partial charge >= 0.3 is 5.97 Å². The number of esters is 1. The van der Waals surface area contributed by atoms with Gasteiger partial charge in [-0.1, -0.05) is 30.3 Å². The largest absolute Gasteiger partial charge is 0.493 e. The molecule has 0 saturated carbocycles. The third kappa shape index (κ3) is 3.66. The predicted molar refractivity (Wildman–Crippen MR) is 112 cm³/mol. The lowest BCUT2D eigenvalue weighted by molar-refractivity contribution is 0.0595. The smallest absolute Gasteiger partial charge is 0.341 e. The maximum absolute atomic E-state index is 12.1. The first-order chi connectivity index (χ1) is 14.7. The molecule has 1 unspecified atom stereocenters. The van der Waals surface area contributed by atoms with Crippen molar-refractivity contribution in [2.24, 2.45) is 0 Å². The molecule has 1 aromatic heterocycles. The lowest BCUT2D eigenvalue weighted by atomic mass is 9.87. The molecule has 0 fully saturated rings. The molecule has 6 heteroatoms. The quantitative estimate of drug-likeness (QED) is 0.570. The summed E-state index contributed by atoms with van der Waals surface area (Å²) in [6.07, 6.45) is 2.39. The molecule has 1 aliphatic rings. The number of nitrogens with zero attached hydrogens (tertiary/aromatic N) is 1. The Morgan fingerprint density at radius 2 is 1.80 bits per heavy atom. The number of carbonyl (C=O) groups excluding carboxylic acids is 1. The van der Waals surface area contributed by atoms with Crippen molar-refractivity contribution in [1.82, 2.24) is 4.90 Å². The number of ether oxygens (including phenoxy) is 3. The van der Waals surface area contributed by atoms with E-state index in [0.29, 0.717) is 23.6 Å². The van der Waals surface area contributed by atoms with Gasteiger partial charge in [-0.05, 0) is 41.3 Å². The van der Waals surface area contributed by atoms with Crippen LogP contribution in [0.5, 0.6) is 11.5 Å². The monoisotopic (exact) mass is 407 g/mol. The van der Waals surface area contributed by atoms with Gasteiger partial charge in [-0.15, -0.1) is 0 Å². The van der Waals surface area contributed by atoms with Crippen molar-refractivity contribution in [3.05, 3.63) is 82.8 Å². The third-order valence-electron chi connectivity index (χ3n) is 5.59. The van der Waals surface area contributed by atoms with Crippen molar-refractivity contribution in [2.75, 3.05) is 27.9 Å². The lowest BCUT2D eigenvalue weighted by Gasteiger charge is -2.37. The molecular weight excluding hydrogens is 382 g/mol. The summed E-state index contributed by atoms with van der Waals surface area (Å²) < 4.78 is 21.6. The highest BCUT2D eigenvalue weighted by molar-refractivity contribution is 5.90. The summed E-state index contributed by atoms with van der Waals surface area (Å²) in [6, 6.07) is 16.1. The van der Waals surface area contributed by atoms with Gasteiger partial charge in [-0.3, -0.25) is 4.90 Å². The molecule has 0 amide bonds. The van der Waals surface area contributed by atoms with E-state index in [4.69, 9.17) is 18.6 Å². The topological polar surface area (TPSA) is 61.1 Å². The van der Waals surface area contributed by atoms with Crippen molar-refractivity contribution in [1.29, 1.82) is 0 Å². The Balaban J connectivity index is 1.77. The number of methoxy groups -OCH3 is 3. The van der Waals surface area contributed by atoms with Gasteiger partial charge in [0.15, 0.2) is 11.5 Å². The van der Waals surface area contributed by atoms with E-state index in [0.717, 1.165) is 29.8 Å². The molecule has 2 aromatic carbocycles. The van der Waals surface area contributed by atoms with Gasteiger partial charge in [0.25, 0.3) is 0 Å². The number of hydrogen-bond acceptors (Lipinski definition) is 6. The van der Waals surface area contributed by atoms with Gasteiger partial charge in [-0.2, -0.15) is 0 Å². The fourth-order valence-corrected chi connectivity index (χ4v) is 4.13. The highest BCUT2D eigenvalue weighted by atomic mass is 16.5. The molecule has 0 saturated heterocycles. The van der Waals surface area contributed by atoms with Crippen molar-refractivity contribution in [3.63, 3.8) is 0 Å². The Bertz CT molecular complexity index is 1030. The van der Waals surface area contributed by atoms with Crippen molar-refractivity contribution < 1.29 is 23.4 Å². The summed E-state index contributed by atoms with van der Waals surface area (Å²) in [5.74, 6) is 1.65. The van der Waals surface area contributed by atoms with Crippen molar-refractivity contribution in [2.45, 2.75) is 19.0 Å². The van der Waals surface area contributed by atoms with Gasteiger partial charge in [0.2, 0.25) is 0 Å². The summed E-state index contributed by atoms with van der Waals surface area (Å²) in [4.78, 5) is 14.4. The van der Waals surface area contributed by atoms with Crippen molar-refractivity contribution >= 4 is 5.97 Å². The molecule has 30 heavy (non-hydrogen) atoms. The number of fused-ring (bicyclic) bond motifs is 1. The first kappa shape index (κ1) is 20.0. The summed E-state index contributed by atoms with van der Waals surface area (Å²) in [5.41, 5.74) is 4.01. The zero-order chi connectivity index (χ0) is 21.1. The van der Waals surface area contributed by atoms with E-state index in [2.05, 4.69) is 29.2 Å². The number of rotatable bonds is 6. The molecule has 1 aliphatic heterocycles. The van der Waals surface area contributed by atoms with Crippen LogP contribution in [0.15, 0.2) is 59.2 Å². The average Bonchev–Trinajstić information content (AvgIpc) is 3.26. The van der Waals surface area contributed by atoms with Crippen LogP contribution >= 0.6 is 0 Å². The van der Waals surface area contributed by atoms with Gasteiger partial charge in [0.05, 0.1) is 40.2 Å². The highest BCUT2D eigenvalue weighted by Crippen LogP contribution is 2.41. The number of carbonyl (C=O) groups is 1. The SMILES string of the molecule is COC(=O)c1ccoc1CN1CCc2cc(OC)c(OC)cc2C1c1ccccc1. The second kappa shape index (κ2) is 8.63. The van der Waals surface area contributed by atoms with Crippen LogP contribution in [0.2, 0.25) is 0 Å². The van der Waals surface area contributed by atoms with Gasteiger partial charge < -0.3 is 18.6 Å². The van der Waals surface area contributed by atoms with E-state index in [1.165, 1.54) is 18.9 Å². The highest BCUT2D eigenvalue weighted by Gasteiger charge is 2.32. The van der Waals surface area contributed by atoms with Gasteiger partial charge in [0.1, 0.15) is 11.3 Å². The normalized spacial score (nSPS) is 16.0. The summed E-state index contributed by atoms with van der Waals surface area (Å²) in [7, 11) is 4.68. The number of furan rings is 1. The number of hydrogen-bond donors (Lipinski definition) is 0. The fraction of sp³-hybridized carbons (Fsp3) is 0.292. The molecule has 6 nitrogen and oxygen atoms in total. The zero-order valence-corrected chi connectivity index (χ0v) is 17.4. The van der Waals surface area contributed by atoms with E-state index in [-0.39, 0.29) is 12.0 Å². The Hall–Kier alpha value is -3.25. The minimum Gasteiger partial charge on any atom is -0.493 e. The minimum absolute atomic E-state index is 0.00893. The third-order valence-corrected chi connectivity index (χ3v) is 5.59. The molecule has 4 rings (SSSR count). The zero-order valence-electron chi connectivity index (χ0n) is 17.4. The molecule has 2 heterocycles. The van der Waals surface area contributed by atoms with Crippen LogP contribution in [0, 0.1) is 0 Å². The molecule has 3 aromatic rings. The average molecular weight is 407 g/mol. The standard InChI is InChI=1S/C24H25NO5/c1-27-20-13-17-9-11-25(15-22-18(10-12-30-22)24(26)29-3)23(16-7-5-4-6-8-16)19(17)14-21(20)28-2/h4-8,10,12-14,23H,9,11,15H2,1-3H3. The van der Waals surface area contributed by atoms with Gasteiger partial charge in [-0.25, -0.2) is 4.79 Å². The maximum Gasteiger partial charge on any atom is 0.341 e. The van der Waals surface area contributed by atoms with Crippen LogP contribution in [-0.4, -0.2) is 38.7 Å². The van der Waals surface area contributed by atoms with Crippen LogP contribution in [-0.2, 0) is 17.7 Å². The molecule has 1 atom stereocenters. The Labute approximate surface area is 176 Å². The molecule has 0 bridgehead atoms. The summed E-state index contributed by atoms with van der Waals surface area (Å²) >= 11 is 0. The van der Waals surface area contributed by atoms with Crippen LogP contribution in [0.4, 0.5) is 0 Å². The fourth-order valence-electron chi connectivity index (χ4n) is 4.13. The first-order valence-electron chi connectivity index (χ1n) is 9.84. The number of benzene rings is 2. The lowest BCUT2D eigenvalue weighted by Crippen LogP contribution is -2.36. The van der Waals surface area contributed by atoms with E-state index in [1.54, 1.807) is 20.3 Å². The molecule has 0 N–H and O–H groups in total. The van der Waals surface area contributed by atoms with E-state index < -0.39 is 0 Å². The van der Waals surface area contributed by atoms with Crippen LogP contribution in [0.25, 0.3) is 0 Å². The minimum atomic E-state index is -0.390. The van der Waals surface area contributed by atoms with Crippen molar-refractivity contribution in [3.8, 4) is 11.5 Å². The first-order valence-corrected chi connectivity index (χ1v) is 9.84. The Morgan fingerprint density at radius 3 is 2.50 bits per heavy atom. The Kier molecular flexibility index (Phi) is 5.77. The summed E-state index contributed by atoms with van der Waals surface area (Å²) in [6.45, 7) is 1.30. The van der Waals surface area contributed by atoms with E-state index >= 15 is 0 Å². The van der Waals surface area contributed by atoms with E-state index in [1.807, 2.05) is 18.2 Å². The van der Waals surface area contributed by atoms with Crippen LogP contribution < -0.4 is 9.47 Å². The second-order valence-electron chi connectivity index (χ2n) is 7.19. The molecule has 0 radical (unpaired) electrons. The second-order valence-corrected chi connectivity index (χ2v) is 7.19. The van der Waals surface area contributed by atoms with Crippen LogP contribution in [0.1, 0.15) is 38.9 Å². The van der Waals surface area contributed by atoms with Gasteiger partial charge in [0, 0.05) is 6.54 Å².